The van der Waals surface area contributed by atoms with E-state index in [9.17, 15) is 9.59 Å². The molecule has 3 rings (SSSR count). The van der Waals surface area contributed by atoms with Crippen LogP contribution in [0.1, 0.15) is 46.4 Å². The zero-order valence-electron chi connectivity index (χ0n) is 13.4. The quantitative estimate of drug-likeness (QED) is 0.856. The van der Waals surface area contributed by atoms with Crippen LogP contribution in [0.5, 0.6) is 0 Å². The Hall–Kier alpha value is -2.57. The maximum absolute atomic E-state index is 12.2. The third-order valence-corrected chi connectivity index (χ3v) is 3.85. The average Bonchev–Trinajstić information content (AvgIpc) is 3.17. The van der Waals surface area contributed by atoms with Gasteiger partial charge in [0.2, 0.25) is 0 Å². The molecule has 1 amide bonds. The van der Waals surface area contributed by atoms with Crippen molar-refractivity contribution in [2.75, 3.05) is 11.9 Å². The second kappa shape index (κ2) is 5.91. The Balaban J connectivity index is 1.59. The maximum atomic E-state index is 12.2. The summed E-state index contributed by atoms with van der Waals surface area (Å²) in [6, 6.07) is 3.90. The van der Waals surface area contributed by atoms with E-state index >= 15 is 0 Å². The van der Waals surface area contributed by atoms with Crippen molar-refractivity contribution in [1.29, 1.82) is 0 Å². The van der Waals surface area contributed by atoms with E-state index in [0.29, 0.717) is 23.2 Å². The van der Waals surface area contributed by atoms with Crippen molar-refractivity contribution in [3.63, 3.8) is 0 Å². The topological polar surface area (TPSA) is 86.4 Å². The van der Waals surface area contributed by atoms with Crippen molar-refractivity contribution in [3.05, 3.63) is 34.8 Å². The molecule has 122 valence electrons. The summed E-state index contributed by atoms with van der Waals surface area (Å²) in [4.78, 5) is 23.9. The molecule has 0 saturated heterocycles. The summed E-state index contributed by atoms with van der Waals surface area (Å²) in [5, 5.41) is 6.15. The number of hydrogen-bond donors (Lipinski definition) is 1. The molecular weight excluding hydrogens is 298 g/mol. The van der Waals surface area contributed by atoms with Crippen molar-refractivity contribution < 1.29 is 18.8 Å². The van der Waals surface area contributed by atoms with Crippen LogP contribution >= 0.6 is 0 Å². The number of amides is 1. The van der Waals surface area contributed by atoms with Crippen LogP contribution in [0.4, 0.5) is 5.82 Å². The highest BCUT2D eigenvalue weighted by molar-refractivity contribution is 5.95. The number of carbonyl (C=O) groups is 2. The molecule has 0 aliphatic heterocycles. The fraction of sp³-hybridized carbons (Fsp3) is 0.438. The van der Waals surface area contributed by atoms with Crippen LogP contribution in [0.3, 0.4) is 0 Å². The number of aryl methyl sites for hydroxylation is 2. The van der Waals surface area contributed by atoms with Gasteiger partial charge in [-0.3, -0.25) is 4.79 Å². The molecule has 7 nitrogen and oxygen atoms in total. The third-order valence-electron chi connectivity index (χ3n) is 3.85. The van der Waals surface area contributed by atoms with Gasteiger partial charge in [-0.15, -0.1) is 0 Å². The maximum Gasteiger partial charge on any atom is 0.340 e. The second-order valence-electron chi connectivity index (χ2n) is 5.83. The number of nitrogens with zero attached hydrogens (tertiary/aromatic N) is 2. The molecule has 23 heavy (non-hydrogen) atoms. The van der Waals surface area contributed by atoms with E-state index < -0.39 is 11.9 Å². The molecular formula is C16H19N3O4. The Morgan fingerprint density at radius 3 is 2.70 bits per heavy atom. The number of hydrogen-bond acceptors (Lipinski definition) is 5. The van der Waals surface area contributed by atoms with E-state index in [-0.39, 0.29) is 6.61 Å². The first-order valence-electron chi connectivity index (χ1n) is 7.54. The summed E-state index contributed by atoms with van der Waals surface area (Å²) in [5.41, 5.74) is 2.45. The molecule has 2 heterocycles. The molecule has 1 N–H and O–H groups in total. The van der Waals surface area contributed by atoms with Gasteiger partial charge in [0.25, 0.3) is 5.91 Å². The minimum Gasteiger partial charge on any atom is -0.452 e. The smallest absolute Gasteiger partial charge is 0.340 e. The van der Waals surface area contributed by atoms with Gasteiger partial charge in [0.15, 0.2) is 12.4 Å². The minimum absolute atomic E-state index is 0.301. The molecule has 0 atom stereocenters. The number of esters is 1. The SMILES string of the molecule is Cc1cc(NC(=O)COC(=O)c2cc(C)n(C3CC3)c2C)no1. The number of aromatic nitrogens is 2. The van der Waals surface area contributed by atoms with Gasteiger partial charge in [0, 0.05) is 23.5 Å². The number of nitrogens with one attached hydrogen (secondary N) is 1. The van der Waals surface area contributed by atoms with E-state index in [4.69, 9.17) is 9.26 Å². The van der Waals surface area contributed by atoms with Crippen LogP contribution in [-0.2, 0) is 9.53 Å². The van der Waals surface area contributed by atoms with E-state index in [2.05, 4.69) is 15.0 Å². The fourth-order valence-corrected chi connectivity index (χ4v) is 2.69. The van der Waals surface area contributed by atoms with Gasteiger partial charge in [-0.05, 0) is 39.7 Å². The van der Waals surface area contributed by atoms with E-state index in [0.717, 1.165) is 24.2 Å². The van der Waals surface area contributed by atoms with E-state index in [1.165, 1.54) is 0 Å². The van der Waals surface area contributed by atoms with Gasteiger partial charge >= 0.3 is 5.97 Å². The lowest BCUT2D eigenvalue weighted by atomic mass is 10.2. The van der Waals surface area contributed by atoms with Crippen molar-refractivity contribution >= 4 is 17.7 Å². The summed E-state index contributed by atoms with van der Waals surface area (Å²) in [5.74, 6) is -0.0561. The number of ether oxygens (including phenoxy) is 1. The van der Waals surface area contributed by atoms with E-state index in [1.54, 1.807) is 13.0 Å². The van der Waals surface area contributed by atoms with Crippen molar-refractivity contribution in [3.8, 4) is 0 Å². The highest BCUT2D eigenvalue weighted by Gasteiger charge is 2.28. The molecule has 2 aromatic heterocycles. The Morgan fingerprint density at radius 1 is 1.35 bits per heavy atom. The highest BCUT2D eigenvalue weighted by Crippen LogP contribution is 2.38. The summed E-state index contributed by atoms with van der Waals surface area (Å²) < 4.78 is 12.1. The van der Waals surface area contributed by atoms with E-state index in [1.807, 2.05) is 19.9 Å². The molecule has 0 bridgehead atoms. The molecule has 7 heteroatoms. The van der Waals surface area contributed by atoms with Gasteiger partial charge in [-0.1, -0.05) is 5.16 Å². The first-order chi connectivity index (χ1) is 11.0. The van der Waals surface area contributed by atoms with Crippen LogP contribution in [0, 0.1) is 20.8 Å². The predicted molar refractivity (Wildman–Crippen MR) is 82.3 cm³/mol. The molecule has 1 aliphatic rings. The average molecular weight is 317 g/mol. The zero-order valence-corrected chi connectivity index (χ0v) is 13.4. The Morgan fingerprint density at radius 2 is 2.09 bits per heavy atom. The van der Waals surface area contributed by atoms with Gasteiger partial charge in [-0.2, -0.15) is 0 Å². The Labute approximate surface area is 133 Å². The molecule has 1 fully saturated rings. The summed E-state index contributed by atoms with van der Waals surface area (Å²) in [6.45, 7) is 5.23. The van der Waals surface area contributed by atoms with Crippen molar-refractivity contribution in [2.45, 2.75) is 39.7 Å². The molecule has 1 aliphatic carbocycles. The van der Waals surface area contributed by atoms with Crippen molar-refractivity contribution in [1.82, 2.24) is 9.72 Å². The molecule has 0 aromatic carbocycles. The normalized spacial score (nSPS) is 13.9. The second-order valence-corrected chi connectivity index (χ2v) is 5.83. The Bertz CT molecular complexity index is 755. The molecule has 0 spiro atoms. The lowest BCUT2D eigenvalue weighted by molar-refractivity contribution is -0.119. The number of anilines is 1. The van der Waals surface area contributed by atoms with Gasteiger partial charge in [0.05, 0.1) is 5.56 Å². The lowest BCUT2D eigenvalue weighted by Gasteiger charge is -2.08. The highest BCUT2D eigenvalue weighted by atomic mass is 16.5. The minimum atomic E-state index is -0.489. The monoisotopic (exact) mass is 317 g/mol. The third kappa shape index (κ3) is 3.28. The molecule has 1 saturated carbocycles. The zero-order chi connectivity index (χ0) is 16.6. The predicted octanol–water partition coefficient (Wildman–Crippen LogP) is 2.53. The lowest BCUT2D eigenvalue weighted by Crippen LogP contribution is -2.21. The molecule has 2 aromatic rings. The largest absolute Gasteiger partial charge is 0.452 e. The van der Waals surface area contributed by atoms with Gasteiger partial charge in [0.1, 0.15) is 5.76 Å². The Kier molecular flexibility index (Phi) is 3.94. The van der Waals surface area contributed by atoms with Crippen LogP contribution in [0.15, 0.2) is 16.7 Å². The van der Waals surface area contributed by atoms with Gasteiger partial charge in [-0.25, -0.2) is 4.79 Å². The fourth-order valence-electron chi connectivity index (χ4n) is 2.69. The van der Waals surface area contributed by atoms with Crippen molar-refractivity contribution in [2.24, 2.45) is 0 Å². The summed E-state index contributed by atoms with van der Waals surface area (Å²) in [7, 11) is 0. The number of rotatable bonds is 5. The van der Waals surface area contributed by atoms with Crippen LogP contribution in [0.2, 0.25) is 0 Å². The van der Waals surface area contributed by atoms with Crippen LogP contribution in [-0.4, -0.2) is 28.2 Å². The standard InChI is InChI=1S/C16H19N3O4/c1-9-6-13(11(3)19(9)12-4-5-12)16(21)22-8-15(20)17-14-7-10(2)23-18-14/h6-7,12H,4-5,8H2,1-3H3,(H,17,18,20). The summed E-state index contributed by atoms with van der Waals surface area (Å²) >= 11 is 0. The summed E-state index contributed by atoms with van der Waals surface area (Å²) in [6.07, 6.45) is 2.29. The first kappa shape index (κ1) is 15.3. The van der Waals surface area contributed by atoms with Crippen LogP contribution in [0.25, 0.3) is 0 Å². The molecule has 0 radical (unpaired) electrons. The number of carbonyl (C=O) groups excluding carboxylic acids is 2. The van der Waals surface area contributed by atoms with Gasteiger partial charge < -0.3 is 19.1 Å². The first-order valence-corrected chi connectivity index (χ1v) is 7.54. The van der Waals surface area contributed by atoms with Crippen LogP contribution < -0.4 is 5.32 Å². The molecule has 0 unspecified atom stereocenters.